The van der Waals surface area contributed by atoms with Gasteiger partial charge < -0.3 is 5.73 Å². The van der Waals surface area contributed by atoms with E-state index in [-0.39, 0.29) is 5.12 Å². The van der Waals surface area contributed by atoms with Gasteiger partial charge in [-0.2, -0.15) is 12.6 Å². The maximum absolute atomic E-state index is 11.3. The normalized spacial score (nSPS) is 12.5. The smallest absolute Gasteiger partial charge is 0.246 e. The Bertz CT molecular complexity index is 279. The molecule has 70 valence electrons. The lowest BCUT2D eigenvalue weighted by molar-refractivity contribution is -0.426. The number of nitrogens with one attached hydrogen (secondary N) is 1. The van der Waals surface area contributed by atoms with Gasteiger partial charge in [-0.15, -0.1) is 0 Å². The number of thioether (sulfide) groups is 1. The highest BCUT2D eigenvalue weighted by Crippen LogP contribution is 2.13. The Morgan fingerprint density at radius 3 is 3.00 bits per heavy atom. The van der Waals surface area contributed by atoms with Crippen molar-refractivity contribution in [3.05, 3.63) is 24.4 Å². The van der Waals surface area contributed by atoms with Gasteiger partial charge in [-0.3, -0.25) is 4.79 Å². The van der Waals surface area contributed by atoms with Gasteiger partial charge >= 0.3 is 0 Å². The van der Waals surface area contributed by atoms with Crippen LogP contribution in [0.3, 0.4) is 0 Å². The second-order valence-corrected chi connectivity index (χ2v) is 3.85. The maximum Gasteiger partial charge on any atom is 0.246 e. The third-order valence-electron chi connectivity index (χ3n) is 1.39. The van der Waals surface area contributed by atoms with E-state index < -0.39 is 6.04 Å². The number of H-pyrrole nitrogens is 1. The van der Waals surface area contributed by atoms with Crippen molar-refractivity contribution in [3.8, 4) is 0 Å². The summed E-state index contributed by atoms with van der Waals surface area (Å²) in [6.45, 7) is 0. The van der Waals surface area contributed by atoms with Gasteiger partial charge in [0.05, 0.1) is 6.04 Å². The van der Waals surface area contributed by atoms with Gasteiger partial charge in [-0.05, 0) is 6.07 Å². The molecule has 0 aliphatic rings. The van der Waals surface area contributed by atoms with E-state index in [2.05, 4.69) is 17.6 Å². The zero-order valence-corrected chi connectivity index (χ0v) is 8.65. The number of carbonyl (C=O) groups is 1. The molecule has 0 radical (unpaired) electrons. The van der Waals surface area contributed by atoms with E-state index >= 15 is 0 Å². The molecular formula is C8H11N2OS2+. The third kappa shape index (κ3) is 3.38. The minimum atomic E-state index is -0.498. The third-order valence-corrected chi connectivity index (χ3v) is 2.76. The minimum Gasteiger partial charge on any atom is -0.320 e. The first kappa shape index (κ1) is 10.6. The van der Waals surface area contributed by atoms with Crippen molar-refractivity contribution in [2.45, 2.75) is 11.1 Å². The Morgan fingerprint density at radius 2 is 2.46 bits per heavy atom. The summed E-state index contributed by atoms with van der Waals surface area (Å²) in [5, 5.41) is 0.724. The van der Waals surface area contributed by atoms with Gasteiger partial charge in [0.15, 0.2) is 6.20 Å². The summed E-state index contributed by atoms with van der Waals surface area (Å²) in [4.78, 5) is 14.3. The first-order valence-electron chi connectivity index (χ1n) is 3.79. The summed E-state index contributed by atoms with van der Waals surface area (Å²) in [5.74, 6) is 0.374. The summed E-state index contributed by atoms with van der Waals surface area (Å²) in [7, 11) is 0. The molecule has 3 nitrogen and oxygen atoms in total. The number of pyridine rings is 1. The number of hydrogen-bond acceptors (Lipinski definition) is 4. The molecule has 0 saturated heterocycles. The lowest BCUT2D eigenvalue weighted by atomic mass is 10.4. The molecule has 1 atom stereocenters. The summed E-state index contributed by atoms with van der Waals surface area (Å²) < 4.78 is 0. The fourth-order valence-electron chi connectivity index (χ4n) is 0.699. The fourth-order valence-corrected chi connectivity index (χ4v) is 1.71. The van der Waals surface area contributed by atoms with Gasteiger partial charge in [0, 0.05) is 29.6 Å². The molecule has 3 N–H and O–H groups in total. The molecule has 5 heteroatoms. The Kier molecular flexibility index (Phi) is 4.27. The number of rotatable bonds is 3. The highest BCUT2D eigenvalue weighted by atomic mass is 32.2. The van der Waals surface area contributed by atoms with Gasteiger partial charge in [-0.1, -0.05) is 0 Å². The highest BCUT2D eigenvalue weighted by Gasteiger charge is 2.15. The van der Waals surface area contributed by atoms with Crippen LogP contribution < -0.4 is 10.7 Å². The zero-order valence-electron chi connectivity index (χ0n) is 6.93. The summed E-state index contributed by atoms with van der Waals surface area (Å²) in [6.07, 6.45) is 1.77. The van der Waals surface area contributed by atoms with Crippen LogP contribution in [0.2, 0.25) is 0 Å². The average Bonchev–Trinajstić information content (AvgIpc) is 2.18. The molecule has 0 amide bonds. The molecule has 1 aromatic rings. The molecule has 13 heavy (non-hydrogen) atoms. The lowest BCUT2D eigenvalue weighted by Gasteiger charge is -2.02. The quantitative estimate of drug-likeness (QED) is 0.566. The molecular weight excluding hydrogens is 204 g/mol. The standard InChI is InChI=1S/C8H10N2OS2/c9-6(5-12)8(11)13-7-3-1-2-4-10-7/h1-4,6,12H,5,9H2/p+1/t6-/m0/s1. The van der Waals surface area contributed by atoms with Crippen molar-refractivity contribution in [1.82, 2.24) is 0 Å². The number of carbonyl (C=O) groups excluding carboxylic acids is 1. The zero-order chi connectivity index (χ0) is 9.68. The van der Waals surface area contributed by atoms with Crippen molar-refractivity contribution in [3.63, 3.8) is 0 Å². The summed E-state index contributed by atoms with van der Waals surface area (Å²) in [5.41, 5.74) is 5.50. The van der Waals surface area contributed by atoms with Crippen molar-refractivity contribution in [2.75, 3.05) is 5.75 Å². The molecule has 1 aromatic heterocycles. The largest absolute Gasteiger partial charge is 0.320 e. The van der Waals surface area contributed by atoms with E-state index in [0.29, 0.717) is 5.75 Å². The van der Waals surface area contributed by atoms with E-state index in [0.717, 1.165) is 16.8 Å². The van der Waals surface area contributed by atoms with Crippen LogP contribution in [0.25, 0.3) is 0 Å². The fraction of sp³-hybridized carbons (Fsp3) is 0.250. The Balaban J connectivity index is 2.55. The summed E-state index contributed by atoms with van der Waals surface area (Å²) in [6, 6.07) is 5.04. The van der Waals surface area contributed by atoms with E-state index in [4.69, 9.17) is 5.73 Å². The molecule has 0 unspecified atom stereocenters. The molecule has 0 aliphatic heterocycles. The van der Waals surface area contributed by atoms with Gasteiger partial charge in [0.25, 0.3) is 0 Å². The van der Waals surface area contributed by atoms with Crippen LogP contribution in [-0.4, -0.2) is 16.9 Å². The first-order chi connectivity index (χ1) is 6.24. The number of aromatic nitrogens is 1. The Labute approximate surface area is 86.5 Å². The first-order valence-corrected chi connectivity index (χ1v) is 5.24. The second-order valence-electron chi connectivity index (χ2n) is 2.44. The molecule has 0 aromatic carbocycles. The van der Waals surface area contributed by atoms with Gasteiger partial charge in [0.2, 0.25) is 10.1 Å². The van der Waals surface area contributed by atoms with Crippen molar-refractivity contribution in [2.24, 2.45) is 5.73 Å². The number of aromatic amines is 1. The van der Waals surface area contributed by atoms with Crippen LogP contribution >= 0.6 is 24.4 Å². The molecule has 0 aliphatic carbocycles. The Morgan fingerprint density at radius 1 is 1.69 bits per heavy atom. The molecule has 1 heterocycles. The molecule has 1 rings (SSSR count). The number of thiol groups is 1. The van der Waals surface area contributed by atoms with E-state index in [1.807, 2.05) is 18.2 Å². The van der Waals surface area contributed by atoms with Crippen LogP contribution in [0, 0.1) is 0 Å². The minimum absolute atomic E-state index is 0.0718. The van der Waals surface area contributed by atoms with Crippen molar-refractivity contribution >= 4 is 29.5 Å². The monoisotopic (exact) mass is 215 g/mol. The predicted octanol–water partition coefficient (Wildman–Crippen LogP) is 0.376. The van der Waals surface area contributed by atoms with Crippen LogP contribution in [0.15, 0.2) is 29.4 Å². The van der Waals surface area contributed by atoms with Crippen LogP contribution in [0.1, 0.15) is 0 Å². The van der Waals surface area contributed by atoms with Crippen LogP contribution in [-0.2, 0) is 4.79 Å². The van der Waals surface area contributed by atoms with Crippen LogP contribution in [0.4, 0.5) is 0 Å². The number of hydrogen-bond donors (Lipinski definition) is 2. The summed E-state index contributed by atoms with van der Waals surface area (Å²) >= 11 is 5.06. The highest BCUT2D eigenvalue weighted by molar-refractivity contribution is 8.13. The van der Waals surface area contributed by atoms with Gasteiger partial charge in [0.1, 0.15) is 0 Å². The average molecular weight is 215 g/mol. The second kappa shape index (κ2) is 5.26. The van der Waals surface area contributed by atoms with E-state index in [1.54, 1.807) is 6.20 Å². The topological polar surface area (TPSA) is 57.2 Å². The Hall–Kier alpha value is -0.520. The van der Waals surface area contributed by atoms with Gasteiger partial charge in [-0.25, -0.2) is 4.98 Å². The van der Waals surface area contributed by atoms with Crippen molar-refractivity contribution in [1.29, 1.82) is 0 Å². The molecule has 0 spiro atoms. The van der Waals surface area contributed by atoms with E-state index in [9.17, 15) is 4.79 Å². The lowest BCUT2D eigenvalue weighted by Crippen LogP contribution is -2.30. The SMILES string of the molecule is N[C@@H](CS)C(=O)Sc1cccc[nH+]1. The number of nitrogens with two attached hydrogens (primary N) is 1. The van der Waals surface area contributed by atoms with Crippen LogP contribution in [0.5, 0.6) is 0 Å². The molecule has 0 bridgehead atoms. The van der Waals surface area contributed by atoms with E-state index in [1.165, 1.54) is 0 Å². The molecule has 0 saturated carbocycles. The predicted molar refractivity (Wildman–Crippen MR) is 55.7 cm³/mol. The van der Waals surface area contributed by atoms with Crippen molar-refractivity contribution < 1.29 is 9.78 Å². The molecule has 0 fully saturated rings. The maximum atomic E-state index is 11.3.